The minimum Gasteiger partial charge on any atom is -0.449 e. The van der Waals surface area contributed by atoms with E-state index >= 15 is 0 Å². The molecule has 0 aromatic heterocycles. The third-order valence-corrected chi connectivity index (χ3v) is 4.54. The highest BCUT2D eigenvalue weighted by Gasteiger charge is 2.34. The van der Waals surface area contributed by atoms with Gasteiger partial charge in [0.2, 0.25) is 0 Å². The summed E-state index contributed by atoms with van der Waals surface area (Å²) < 4.78 is 18.4. The van der Waals surface area contributed by atoms with Crippen LogP contribution in [0.2, 0.25) is 5.02 Å². The van der Waals surface area contributed by atoms with Gasteiger partial charge < -0.3 is 9.64 Å². The van der Waals surface area contributed by atoms with Crippen LogP contribution in [0.5, 0.6) is 0 Å². The number of nitrogens with zero attached hydrogens (tertiary/aromatic N) is 1. The predicted octanol–water partition coefficient (Wildman–Crippen LogP) is 4.00. The topological polar surface area (TPSA) is 46.6 Å². The molecule has 6 heteroatoms. The molecular formula is C19H17ClFNO3. The molecule has 0 spiro atoms. The van der Waals surface area contributed by atoms with Crippen LogP contribution in [0.4, 0.5) is 10.1 Å². The number of rotatable bonds is 3. The summed E-state index contributed by atoms with van der Waals surface area (Å²) in [5.41, 5.74) is 1.95. The molecule has 0 radical (unpaired) electrons. The van der Waals surface area contributed by atoms with E-state index in [1.807, 2.05) is 31.2 Å². The normalized spacial score (nSPS) is 17.1. The van der Waals surface area contributed by atoms with Crippen molar-refractivity contribution in [3.05, 3.63) is 64.4 Å². The van der Waals surface area contributed by atoms with Gasteiger partial charge in [0.15, 0.2) is 6.10 Å². The van der Waals surface area contributed by atoms with Gasteiger partial charge in [-0.05, 0) is 50.1 Å². The number of halogens is 2. The van der Waals surface area contributed by atoms with Crippen molar-refractivity contribution in [3.63, 3.8) is 0 Å². The second-order valence-electron chi connectivity index (χ2n) is 6.06. The third kappa shape index (κ3) is 3.37. The molecule has 2 aromatic carbocycles. The van der Waals surface area contributed by atoms with E-state index in [2.05, 4.69) is 0 Å². The molecule has 130 valence electrons. The Labute approximate surface area is 150 Å². The maximum Gasteiger partial charge on any atom is 0.340 e. The monoisotopic (exact) mass is 361 g/mol. The summed E-state index contributed by atoms with van der Waals surface area (Å²) in [7, 11) is 0. The summed E-state index contributed by atoms with van der Waals surface area (Å²) in [6.45, 7) is 3.47. The fourth-order valence-electron chi connectivity index (χ4n) is 3.03. The number of benzene rings is 2. The molecule has 1 aliphatic heterocycles. The van der Waals surface area contributed by atoms with E-state index in [1.165, 1.54) is 13.0 Å². The van der Waals surface area contributed by atoms with Crippen molar-refractivity contribution in [2.45, 2.75) is 32.4 Å². The number of carbonyl (C=O) groups excluding carboxylic acids is 2. The van der Waals surface area contributed by atoms with Gasteiger partial charge in [-0.3, -0.25) is 4.79 Å². The second kappa shape index (κ2) is 6.84. The van der Waals surface area contributed by atoms with Crippen molar-refractivity contribution in [3.8, 4) is 0 Å². The summed E-state index contributed by atoms with van der Waals surface area (Å²) in [6.07, 6.45) is -0.228. The highest BCUT2D eigenvalue weighted by atomic mass is 35.5. The van der Waals surface area contributed by atoms with Crippen molar-refractivity contribution in [1.82, 2.24) is 0 Å². The molecule has 0 aliphatic carbocycles. The van der Waals surface area contributed by atoms with Gasteiger partial charge >= 0.3 is 5.97 Å². The molecule has 25 heavy (non-hydrogen) atoms. The molecule has 0 saturated carbocycles. The number of hydrogen-bond acceptors (Lipinski definition) is 3. The van der Waals surface area contributed by atoms with Crippen molar-refractivity contribution >= 4 is 29.2 Å². The lowest BCUT2D eigenvalue weighted by molar-refractivity contribution is -0.126. The summed E-state index contributed by atoms with van der Waals surface area (Å²) in [4.78, 5) is 26.7. The zero-order valence-electron chi connectivity index (χ0n) is 13.8. The third-order valence-electron chi connectivity index (χ3n) is 4.23. The summed E-state index contributed by atoms with van der Waals surface area (Å²) in [5, 5.41) is -0.0514. The zero-order valence-corrected chi connectivity index (χ0v) is 14.6. The number of esters is 1. The first-order valence-electron chi connectivity index (χ1n) is 7.95. The van der Waals surface area contributed by atoms with Gasteiger partial charge in [0.05, 0.1) is 10.6 Å². The van der Waals surface area contributed by atoms with Gasteiger partial charge in [0.1, 0.15) is 5.82 Å². The Kier molecular flexibility index (Phi) is 4.77. The fourth-order valence-corrected chi connectivity index (χ4v) is 3.27. The standard InChI is InChI=1S/C19H17ClFNO3/c1-11-9-13-5-3-4-6-17(13)22(11)18(23)12(2)25-19(24)15-8-7-14(21)10-16(15)20/h3-8,10-12H,9H2,1-2H3/t11-,12+/m0/s1. The molecular weight excluding hydrogens is 345 g/mol. The van der Waals surface area contributed by atoms with Crippen LogP contribution in [0.3, 0.4) is 0 Å². The van der Waals surface area contributed by atoms with Gasteiger partial charge in [-0.25, -0.2) is 9.18 Å². The summed E-state index contributed by atoms with van der Waals surface area (Å²) >= 11 is 5.87. The lowest BCUT2D eigenvalue weighted by Gasteiger charge is -2.26. The molecule has 0 unspecified atom stereocenters. The van der Waals surface area contributed by atoms with Gasteiger partial charge in [-0.15, -0.1) is 0 Å². The Morgan fingerprint density at radius 3 is 2.72 bits per heavy atom. The maximum atomic E-state index is 13.1. The molecule has 2 atom stereocenters. The van der Waals surface area contributed by atoms with Gasteiger partial charge in [0, 0.05) is 11.7 Å². The molecule has 0 saturated heterocycles. The first-order valence-corrected chi connectivity index (χ1v) is 8.33. The Bertz CT molecular complexity index is 839. The van der Waals surface area contributed by atoms with Crippen LogP contribution in [0.15, 0.2) is 42.5 Å². The minimum atomic E-state index is -0.984. The summed E-state index contributed by atoms with van der Waals surface area (Å²) in [6, 6.07) is 11.0. The average Bonchev–Trinajstić information content (AvgIpc) is 2.89. The van der Waals surface area contributed by atoms with Crippen molar-refractivity contribution < 1.29 is 18.7 Å². The second-order valence-corrected chi connectivity index (χ2v) is 6.47. The maximum absolute atomic E-state index is 13.1. The predicted molar refractivity (Wildman–Crippen MR) is 93.4 cm³/mol. The van der Waals surface area contributed by atoms with Crippen LogP contribution in [-0.4, -0.2) is 24.0 Å². The minimum absolute atomic E-state index is 0.0135. The summed E-state index contributed by atoms with van der Waals surface area (Å²) in [5.74, 6) is -1.61. The smallest absolute Gasteiger partial charge is 0.340 e. The first-order chi connectivity index (χ1) is 11.9. The molecule has 2 aromatic rings. The molecule has 0 fully saturated rings. The molecule has 1 heterocycles. The van der Waals surface area contributed by atoms with E-state index in [9.17, 15) is 14.0 Å². The Balaban J connectivity index is 1.76. The number of ether oxygens (including phenoxy) is 1. The SMILES string of the molecule is C[C@@H](OC(=O)c1ccc(F)cc1Cl)C(=O)N1c2ccccc2C[C@@H]1C. The van der Waals surface area contributed by atoms with Crippen molar-refractivity contribution in [1.29, 1.82) is 0 Å². The Morgan fingerprint density at radius 1 is 1.28 bits per heavy atom. The Morgan fingerprint density at radius 2 is 2.00 bits per heavy atom. The van der Waals surface area contributed by atoms with Crippen molar-refractivity contribution in [2.75, 3.05) is 4.90 Å². The van der Waals surface area contributed by atoms with Crippen LogP contribution in [0, 0.1) is 5.82 Å². The van der Waals surface area contributed by atoms with Gasteiger partial charge in [0.25, 0.3) is 5.91 Å². The van der Waals surface area contributed by atoms with Crippen LogP contribution < -0.4 is 4.90 Å². The molecule has 3 rings (SSSR count). The van der Waals surface area contributed by atoms with Crippen LogP contribution in [-0.2, 0) is 16.0 Å². The number of para-hydroxylation sites is 1. The first kappa shape index (κ1) is 17.4. The molecule has 4 nitrogen and oxygen atoms in total. The molecule has 1 aliphatic rings. The number of amides is 1. The van der Waals surface area contributed by atoms with Gasteiger partial charge in [-0.1, -0.05) is 29.8 Å². The van der Waals surface area contributed by atoms with Crippen LogP contribution in [0.25, 0.3) is 0 Å². The highest BCUT2D eigenvalue weighted by molar-refractivity contribution is 6.33. The Hall–Kier alpha value is -2.40. The van der Waals surface area contributed by atoms with Crippen LogP contribution >= 0.6 is 11.6 Å². The number of hydrogen-bond donors (Lipinski definition) is 0. The quantitative estimate of drug-likeness (QED) is 0.776. The van der Waals surface area contributed by atoms with E-state index in [4.69, 9.17) is 16.3 Å². The van der Waals surface area contributed by atoms with Crippen LogP contribution in [0.1, 0.15) is 29.8 Å². The van der Waals surface area contributed by atoms with E-state index in [0.29, 0.717) is 0 Å². The average molecular weight is 362 g/mol. The fraction of sp³-hybridized carbons (Fsp3) is 0.263. The number of carbonyl (C=O) groups is 2. The lowest BCUT2D eigenvalue weighted by Crippen LogP contribution is -2.43. The number of fused-ring (bicyclic) bond motifs is 1. The van der Waals surface area contributed by atoms with Crippen molar-refractivity contribution in [2.24, 2.45) is 0 Å². The van der Waals surface area contributed by atoms with E-state index in [1.54, 1.807) is 4.90 Å². The molecule has 0 N–H and O–H groups in total. The highest BCUT2D eigenvalue weighted by Crippen LogP contribution is 2.32. The molecule has 1 amide bonds. The zero-order chi connectivity index (χ0) is 18.1. The largest absolute Gasteiger partial charge is 0.449 e. The lowest BCUT2D eigenvalue weighted by atomic mass is 10.1. The van der Waals surface area contributed by atoms with E-state index in [-0.39, 0.29) is 22.5 Å². The van der Waals surface area contributed by atoms with E-state index < -0.39 is 17.9 Å². The molecule has 0 bridgehead atoms. The number of anilines is 1. The van der Waals surface area contributed by atoms with Gasteiger partial charge in [-0.2, -0.15) is 0 Å². The van der Waals surface area contributed by atoms with E-state index in [0.717, 1.165) is 29.8 Å².